The number of anilines is 1. The van der Waals surface area contributed by atoms with Gasteiger partial charge in [-0.05, 0) is 13.0 Å². The van der Waals surface area contributed by atoms with E-state index >= 15 is 0 Å². The van der Waals surface area contributed by atoms with Crippen molar-refractivity contribution < 1.29 is 4.79 Å². The molecule has 3 rings (SSSR count). The number of hydrogen-bond donors (Lipinski definition) is 2. The van der Waals surface area contributed by atoms with Crippen LogP contribution in [0.4, 0.5) is 5.82 Å². The van der Waals surface area contributed by atoms with Gasteiger partial charge in [0.2, 0.25) is 0 Å². The van der Waals surface area contributed by atoms with Gasteiger partial charge in [-0.2, -0.15) is 0 Å². The van der Waals surface area contributed by atoms with Crippen molar-refractivity contribution in [2.75, 3.05) is 5.73 Å². The average Bonchev–Trinajstić information content (AvgIpc) is 2.87. The van der Waals surface area contributed by atoms with Crippen molar-refractivity contribution in [1.29, 1.82) is 0 Å². The maximum atomic E-state index is 11.4. The Hall–Kier alpha value is -2.76. The van der Waals surface area contributed by atoms with Crippen LogP contribution >= 0.6 is 0 Å². The highest BCUT2D eigenvalue weighted by Gasteiger charge is 2.10. The highest BCUT2D eigenvalue weighted by atomic mass is 16.1. The fourth-order valence-electron chi connectivity index (χ4n) is 1.86. The Morgan fingerprint density at radius 1 is 1.32 bits per heavy atom. The molecule has 6 nitrogen and oxygen atoms in total. The molecule has 3 aromatic rings. The molecule has 19 heavy (non-hydrogen) atoms. The molecule has 0 unspecified atom stereocenters. The van der Waals surface area contributed by atoms with E-state index in [2.05, 4.69) is 19.9 Å². The predicted octanol–water partition coefficient (Wildman–Crippen LogP) is 1.80. The SMILES string of the molecule is CC(=O)c1cccc(-c2nc(N)c3[nH]cnc3n2)c1. The van der Waals surface area contributed by atoms with Gasteiger partial charge in [0.1, 0.15) is 5.52 Å². The van der Waals surface area contributed by atoms with Gasteiger partial charge in [0.15, 0.2) is 23.1 Å². The standard InChI is InChI=1S/C13H11N5O/c1-7(19)8-3-2-4-9(5-8)12-17-11(14)10-13(18-12)16-6-15-10/h2-6H,1H3,(H3,14,15,16,17,18). The Morgan fingerprint density at radius 3 is 2.95 bits per heavy atom. The van der Waals surface area contributed by atoms with E-state index in [0.717, 1.165) is 5.56 Å². The molecule has 0 saturated heterocycles. The van der Waals surface area contributed by atoms with Crippen LogP contribution in [0.25, 0.3) is 22.6 Å². The third-order valence-corrected chi connectivity index (χ3v) is 2.84. The van der Waals surface area contributed by atoms with Crippen molar-refractivity contribution in [2.45, 2.75) is 6.92 Å². The van der Waals surface area contributed by atoms with E-state index in [-0.39, 0.29) is 5.78 Å². The molecule has 2 aromatic heterocycles. The number of nitrogen functional groups attached to an aromatic ring is 1. The Kier molecular flexibility index (Phi) is 2.49. The Morgan fingerprint density at radius 2 is 2.16 bits per heavy atom. The van der Waals surface area contributed by atoms with E-state index in [1.165, 1.54) is 13.3 Å². The lowest BCUT2D eigenvalue weighted by Gasteiger charge is -2.03. The molecule has 0 aliphatic carbocycles. The summed E-state index contributed by atoms with van der Waals surface area (Å²) in [6.07, 6.45) is 1.52. The first kappa shape index (κ1) is 11.3. The van der Waals surface area contributed by atoms with Gasteiger partial charge >= 0.3 is 0 Å². The van der Waals surface area contributed by atoms with Gasteiger partial charge in [-0.15, -0.1) is 0 Å². The summed E-state index contributed by atoms with van der Waals surface area (Å²) in [5, 5.41) is 0. The molecule has 0 saturated carbocycles. The molecular weight excluding hydrogens is 242 g/mol. The maximum Gasteiger partial charge on any atom is 0.183 e. The molecular formula is C13H11N5O. The molecule has 94 valence electrons. The number of ketones is 1. The average molecular weight is 253 g/mol. The quantitative estimate of drug-likeness (QED) is 0.679. The largest absolute Gasteiger partial charge is 0.382 e. The van der Waals surface area contributed by atoms with Crippen molar-refractivity contribution in [3.05, 3.63) is 36.2 Å². The van der Waals surface area contributed by atoms with E-state index in [1.807, 2.05) is 6.07 Å². The predicted molar refractivity (Wildman–Crippen MR) is 71.5 cm³/mol. The topological polar surface area (TPSA) is 97.6 Å². The number of nitrogens with zero attached hydrogens (tertiary/aromatic N) is 3. The molecule has 2 heterocycles. The molecule has 0 aliphatic rings. The van der Waals surface area contributed by atoms with E-state index in [0.29, 0.717) is 28.4 Å². The lowest BCUT2D eigenvalue weighted by molar-refractivity contribution is 0.101. The highest BCUT2D eigenvalue weighted by molar-refractivity contribution is 5.95. The maximum absolute atomic E-state index is 11.4. The van der Waals surface area contributed by atoms with Crippen molar-refractivity contribution >= 4 is 22.8 Å². The molecule has 0 fully saturated rings. The van der Waals surface area contributed by atoms with E-state index in [4.69, 9.17) is 5.73 Å². The number of aromatic nitrogens is 4. The lowest BCUT2D eigenvalue weighted by Crippen LogP contribution is -1.99. The Balaban J connectivity index is 2.18. The third-order valence-electron chi connectivity index (χ3n) is 2.84. The number of hydrogen-bond acceptors (Lipinski definition) is 5. The summed E-state index contributed by atoms with van der Waals surface area (Å²) in [5.74, 6) is 0.793. The molecule has 0 atom stereocenters. The second-order valence-corrected chi connectivity index (χ2v) is 4.17. The van der Waals surface area contributed by atoms with Gasteiger partial charge in [0.05, 0.1) is 6.33 Å². The van der Waals surface area contributed by atoms with Crippen LogP contribution in [0.15, 0.2) is 30.6 Å². The number of carbonyl (C=O) groups is 1. The number of Topliss-reactive ketones (excluding diaryl/α,β-unsaturated/α-hetero) is 1. The zero-order valence-corrected chi connectivity index (χ0v) is 10.2. The fourth-order valence-corrected chi connectivity index (χ4v) is 1.86. The van der Waals surface area contributed by atoms with Crippen molar-refractivity contribution in [3.8, 4) is 11.4 Å². The van der Waals surface area contributed by atoms with Crippen LogP contribution < -0.4 is 5.73 Å². The minimum Gasteiger partial charge on any atom is -0.382 e. The molecule has 1 aromatic carbocycles. The summed E-state index contributed by atoms with van der Waals surface area (Å²) in [5.41, 5.74) is 8.33. The second kappa shape index (κ2) is 4.16. The number of fused-ring (bicyclic) bond motifs is 1. The Labute approximate surface area is 108 Å². The Bertz CT molecular complexity index is 778. The summed E-state index contributed by atoms with van der Waals surface area (Å²) >= 11 is 0. The molecule has 0 radical (unpaired) electrons. The van der Waals surface area contributed by atoms with Crippen LogP contribution in [0.2, 0.25) is 0 Å². The fraction of sp³-hybridized carbons (Fsp3) is 0.0769. The summed E-state index contributed by atoms with van der Waals surface area (Å²) in [7, 11) is 0. The zero-order valence-electron chi connectivity index (χ0n) is 10.2. The van der Waals surface area contributed by atoms with E-state index in [1.54, 1.807) is 18.2 Å². The van der Waals surface area contributed by atoms with Crippen molar-refractivity contribution in [3.63, 3.8) is 0 Å². The van der Waals surface area contributed by atoms with Gasteiger partial charge in [0.25, 0.3) is 0 Å². The second-order valence-electron chi connectivity index (χ2n) is 4.17. The first-order valence-corrected chi connectivity index (χ1v) is 5.73. The lowest BCUT2D eigenvalue weighted by atomic mass is 10.1. The van der Waals surface area contributed by atoms with Crippen LogP contribution in [0.5, 0.6) is 0 Å². The molecule has 0 amide bonds. The summed E-state index contributed by atoms with van der Waals surface area (Å²) < 4.78 is 0. The van der Waals surface area contributed by atoms with Crippen LogP contribution in [0, 0.1) is 0 Å². The zero-order chi connectivity index (χ0) is 13.4. The van der Waals surface area contributed by atoms with Crippen LogP contribution in [-0.4, -0.2) is 25.7 Å². The van der Waals surface area contributed by atoms with Crippen molar-refractivity contribution in [1.82, 2.24) is 19.9 Å². The van der Waals surface area contributed by atoms with Gasteiger partial charge in [0, 0.05) is 11.1 Å². The third kappa shape index (κ3) is 1.93. The van der Waals surface area contributed by atoms with E-state index < -0.39 is 0 Å². The van der Waals surface area contributed by atoms with Crippen LogP contribution in [-0.2, 0) is 0 Å². The molecule has 0 bridgehead atoms. The van der Waals surface area contributed by atoms with Gasteiger partial charge in [-0.1, -0.05) is 18.2 Å². The summed E-state index contributed by atoms with van der Waals surface area (Å²) in [6.45, 7) is 1.52. The number of aromatic amines is 1. The van der Waals surface area contributed by atoms with Crippen LogP contribution in [0.3, 0.4) is 0 Å². The molecule has 3 N–H and O–H groups in total. The molecule has 0 aliphatic heterocycles. The number of nitrogens with one attached hydrogen (secondary N) is 1. The smallest absolute Gasteiger partial charge is 0.183 e. The minimum absolute atomic E-state index is 0.00401. The first-order chi connectivity index (χ1) is 9.15. The van der Waals surface area contributed by atoms with Gasteiger partial charge in [-0.25, -0.2) is 15.0 Å². The number of imidazole rings is 1. The molecule has 0 spiro atoms. The number of nitrogens with two attached hydrogens (primary N) is 1. The monoisotopic (exact) mass is 253 g/mol. The van der Waals surface area contributed by atoms with Gasteiger partial charge in [-0.3, -0.25) is 4.79 Å². The summed E-state index contributed by atoms with van der Waals surface area (Å²) in [6, 6.07) is 7.12. The van der Waals surface area contributed by atoms with Crippen molar-refractivity contribution in [2.24, 2.45) is 0 Å². The number of carbonyl (C=O) groups excluding carboxylic acids is 1. The van der Waals surface area contributed by atoms with Crippen LogP contribution in [0.1, 0.15) is 17.3 Å². The highest BCUT2D eigenvalue weighted by Crippen LogP contribution is 2.21. The summed E-state index contributed by atoms with van der Waals surface area (Å²) in [4.78, 5) is 26.9. The first-order valence-electron chi connectivity index (χ1n) is 5.73. The number of H-pyrrole nitrogens is 1. The minimum atomic E-state index is -0.00401. The number of rotatable bonds is 2. The molecule has 6 heteroatoms. The normalized spacial score (nSPS) is 10.8. The van der Waals surface area contributed by atoms with Gasteiger partial charge < -0.3 is 10.7 Å². The van der Waals surface area contributed by atoms with E-state index in [9.17, 15) is 4.79 Å². The number of benzene rings is 1.